The molecule has 1 amide bonds. The van der Waals surface area contributed by atoms with Gasteiger partial charge in [0.2, 0.25) is 0 Å². The van der Waals surface area contributed by atoms with Crippen LogP contribution in [0, 0.1) is 12.7 Å². The number of aryl methyl sites for hydroxylation is 2. The predicted octanol–water partition coefficient (Wildman–Crippen LogP) is 5.33. The summed E-state index contributed by atoms with van der Waals surface area (Å²) in [7, 11) is 2.74. The van der Waals surface area contributed by atoms with Crippen molar-refractivity contribution in [2.75, 3.05) is 12.4 Å². The van der Waals surface area contributed by atoms with Crippen LogP contribution in [0.2, 0.25) is 0 Å². The second-order valence-electron chi connectivity index (χ2n) is 8.79. The van der Waals surface area contributed by atoms with E-state index in [4.69, 9.17) is 4.74 Å². The number of methoxy groups -OCH3 is 1. The van der Waals surface area contributed by atoms with Crippen molar-refractivity contribution in [1.82, 2.24) is 24.5 Å². The molecule has 3 aromatic heterocycles. The normalized spacial score (nSPS) is 11.6. The van der Waals surface area contributed by atoms with Gasteiger partial charge < -0.3 is 10.1 Å². The number of hydrogen-bond donors (Lipinski definition) is 1. The van der Waals surface area contributed by atoms with Crippen LogP contribution in [0.15, 0.2) is 60.9 Å². The summed E-state index contributed by atoms with van der Waals surface area (Å²) < 4.78 is 63.8. The van der Waals surface area contributed by atoms with Crippen LogP contribution in [0.25, 0.3) is 28.0 Å². The third-order valence-corrected chi connectivity index (χ3v) is 6.23. The molecule has 2 aromatic carbocycles. The second kappa shape index (κ2) is 9.91. The topological polar surface area (TPSA) is 104 Å². The molecule has 0 saturated heterocycles. The SMILES string of the molecule is COC(=O)c1cnc2c(NC(=O)c3cc(-c4ccn(C)n4)c(C(F)(F)F)cc3F)n(-c3ccccc3)nc2c1C. The standard InChI is InChI=1S/C27H20F4N6O3/c1-14-18(26(39)40-3)13-32-23-22(14)35-37(15-7-5-4-6-8-15)24(23)33-25(38)17-11-16(21-9-10-36(2)34-21)19(12-20(17)28)27(29,30)31/h4-13H,1-3H3,(H,33,38). The van der Waals surface area contributed by atoms with Crippen molar-refractivity contribution in [2.24, 2.45) is 7.05 Å². The third-order valence-electron chi connectivity index (χ3n) is 6.23. The number of anilines is 1. The Morgan fingerprint density at radius 3 is 2.35 bits per heavy atom. The molecule has 40 heavy (non-hydrogen) atoms. The average Bonchev–Trinajstić information content (AvgIpc) is 3.52. The Labute approximate surface area is 224 Å². The summed E-state index contributed by atoms with van der Waals surface area (Å²) in [5, 5.41) is 11.1. The first-order valence-electron chi connectivity index (χ1n) is 11.7. The van der Waals surface area contributed by atoms with Gasteiger partial charge in [0.15, 0.2) is 5.82 Å². The summed E-state index contributed by atoms with van der Waals surface area (Å²) in [5.74, 6) is -3.04. The molecule has 0 aliphatic rings. The van der Waals surface area contributed by atoms with Crippen molar-refractivity contribution in [3.8, 4) is 16.9 Å². The Hall–Kier alpha value is -5.07. The number of rotatable bonds is 5. The highest BCUT2D eigenvalue weighted by atomic mass is 19.4. The highest BCUT2D eigenvalue weighted by Gasteiger charge is 2.36. The fraction of sp³-hybridized carbons (Fsp3) is 0.148. The number of benzene rings is 2. The maximum absolute atomic E-state index is 15.1. The van der Waals surface area contributed by atoms with Crippen LogP contribution in [0.1, 0.15) is 31.8 Å². The lowest BCUT2D eigenvalue weighted by atomic mass is 9.99. The molecule has 0 aliphatic carbocycles. The molecule has 0 radical (unpaired) electrons. The maximum Gasteiger partial charge on any atom is 0.417 e. The molecule has 0 atom stereocenters. The quantitative estimate of drug-likeness (QED) is 0.234. The molecular weight excluding hydrogens is 532 g/mol. The van der Waals surface area contributed by atoms with Gasteiger partial charge in [0.05, 0.1) is 35.2 Å². The number of para-hydroxylation sites is 1. The number of amides is 1. The van der Waals surface area contributed by atoms with Crippen molar-refractivity contribution in [1.29, 1.82) is 0 Å². The van der Waals surface area contributed by atoms with Crippen LogP contribution in [0.5, 0.6) is 0 Å². The second-order valence-corrected chi connectivity index (χ2v) is 8.79. The van der Waals surface area contributed by atoms with Gasteiger partial charge in [-0.2, -0.15) is 23.4 Å². The lowest BCUT2D eigenvalue weighted by molar-refractivity contribution is -0.137. The molecule has 0 bridgehead atoms. The Morgan fingerprint density at radius 2 is 1.73 bits per heavy atom. The van der Waals surface area contributed by atoms with Gasteiger partial charge >= 0.3 is 12.1 Å². The molecule has 0 unspecified atom stereocenters. The smallest absolute Gasteiger partial charge is 0.417 e. The van der Waals surface area contributed by atoms with E-state index in [0.29, 0.717) is 11.3 Å². The van der Waals surface area contributed by atoms with Crippen molar-refractivity contribution in [3.05, 3.63) is 89.0 Å². The zero-order valence-corrected chi connectivity index (χ0v) is 21.2. The minimum absolute atomic E-state index is 0.0180. The number of aromatic nitrogens is 5. The van der Waals surface area contributed by atoms with Gasteiger partial charge in [0.1, 0.15) is 16.9 Å². The summed E-state index contributed by atoms with van der Waals surface area (Å²) >= 11 is 0. The molecule has 5 rings (SSSR count). The number of alkyl halides is 3. The Morgan fingerprint density at radius 1 is 1.00 bits per heavy atom. The van der Waals surface area contributed by atoms with E-state index in [9.17, 15) is 22.8 Å². The minimum atomic E-state index is -4.90. The molecule has 9 nitrogen and oxygen atoms in total. The first kappa shape index (κ1) is 26.5. The molecule has 3 heterocycles. The van der Waals surface area contributed by atoms with E-state index >= 15 is 4.39 Å². The molecule has 0 aliphatic heterocycles. The van der Waals surface area contributed by atoms with Gasteiger partial charge in [-0.1, -0.05) is 18.2 Å². The number of carbonyl (C=O) groups excluding carboxylic acids is 2. The average molecular weight is 552 g/mol. The fourth-order valence-electron chi connectivity index (χ4n) is 4.25. The first-order chi connectivity index (χ1) is 19.0. The van der Waals surface area contributed by atoms with Crippen LogP contribution in [0.3, 0.4) is 0 Å². The van der Waals surface area contributed by atoms with E-state index in [1.807, 2.05) is 0 Å². The zero-order chi connectivity index (χ0) is 28.8. The molecule has 0 spiro atoms. The summed E-state index contributed by atoms with van der Waals surface area (Å²) in [6, 6.07) is 11.0. The maximum atomic E-state index is 15.1. The zero-order valence-electron chi connectivity index (χ0n) is 21.2. The van der Waals surface area contributed by atoms with Gasteiger partial charge in [-0.05, 0) is 42.8 Å². The van der Waals surface area contributed by atoms with E-state index in [-0.39, 0.29) is 34.2 Å². The van der Waals surface area contributed by atoms with Crippen LogP contribution >= 0.6 is 0 Å². The van der Waals surface area contributed by atoms with E-state index in [1.165, 1.54) is 42.0 Å². The van der Waals surface area contributed by atoms with E-state index in [0.717, 1.165) is 6.07 Å². The van der Waals surface area contributed by atoms with Gasteiger partial charge in [-0.25, -0.2) is 18.9 Å². The molecule has 1 N–H and O–H groups in total. The number of halogens is 4. The number of hydrogen-bond acceptors (Lipinski definition) is 6. The first-order valence-corrected chi connectivity index (χ1v) is 11.7. The van der Waals surface area contributed by atoms with E-state index < -0.39 is 40.6 Å². The number of fused-ring (bicyclic) bond motifs is 1. The van der Waals surface area contributed by atoms with Gasteiger partial charge in [-0.15, -0.1) is 0 Å². The fourth-order valence-corrected chi connectivity index (χ4v) is 4.25. The predicted molar refractivity (Wildman–Crippen MR) is 136 cm³/mol. The lowest BCUT2D eigenvalue weighted by Gasteiger charge is -2.15. The summed E-state index contributed by atoms with van der Waals surface area (Å²) in [6.07, 6.45) is -2.21. The summed E-state index contributed by atoms with van der Waals surface area (Å²) in [5.41, 5.74) is -0.979. The molecule has 0 saturated carbocycles. The van der Waals surface area contributed by atoms with E-state index in [1.54, 1.807) is 37.3 Å². The number of nitrogens with one attached hydrogen (secondary N) is 1. The Kier molecular flexibility index (Phi) is 6.57. The van der Waals surface area contributed by atoms with Crippen LogP contribution in [0.4, 0.5) is 23.4 Å². The van der Waals surface area contributed by atoms with E-state index in [2.05, 4.69) is 20.5 Å². The van der Waals surface area contributed by atoms with Crippen LogP contribution in [-0.4, -0.2) is 43.5 Å². The molecule has 204 valence electrons. The van der Waals surface area contributed by atoms with Crippen molar-refractivity contribution in [3.63, 3.8) is 0 Å². The minimum Gasteiger partial charge on any atom is -0.465 e. The monoisotopic (exact) mass is 552 g/mol. The third kappa shape index (κ3) is 4.65. The molecule has 5 aromatic rings. The Balaban J connectivity index is 1.66. The van der Waals surface area contributed by atoms with Gasteiger partial charge in [0.25, 0.3) is 5.91 Å². The lowest BCUT2D eigenvalue weighted by Crippen LogP contribution is -2.18. The number of ether oxygens (including phenoxy) is 1. The highest BCUT2D eigenvalue weighted by Crippen LogP contribution is 2.38. The largest absolute Gasteiger partial charge is 0.465 e. The van der Waals surface area contributed by atoms with Crippen LogP contribution < -0.4 is 5.32 Å². The molecule has 13 heteroatoms. The summed E-state index contributed by atoms with van der Waals surface area (Å²) in [4.78, 5) is 29.9. The van der Waals surface area contributed by atoms with Gasteiger partial charge in [-0.3, -0.25) is 9.48 Å². The van der Waals surface area contributed by atoms with Gasteiger partial charge in [0, 0.05) is 25.0 Å². The van der Waals surface area contributed by atoms with Crippen molar-refractivity contribution in [2.45, 2.75) is 13.1 Å². The summed E-state index contributed by atoms with van der Waals surface area (Å²) in [6.45, 7) is 1.62. The number of pyridine rings is 1. The number of carbonyl (C=O) groups is 2. The van der Waals surface area contributed by atoms with Crippen LogP contribution in [-0.2, 0) is 18.0 Å². The number of esters is 1. The number of nitrogens with zero attached hydrogens (tertiary/aromatic N) is 5. The van der Waals surface area contributed by atoms with Crippen molar-refractivity contribution >= 4 is 28.7 Å². The highest BCUT2D eigenvalue weighted by molar-refractivity contribution is 6.09. The van der Waals surface area contributed by atoms with Crippen molar-refractivity contribution < 1.29 is 31.9 Å². The Bertz CT molecular complexity index is 1780. The molecular formula is C27H20F4N6O3. The molecule has 0 fully saturated rings.